The fraction of sp³-hybridized carbons (Fsp3) is 0.143. The molecule has 0 fully saturated rings. The highest BCUT2D eigenvalue weighted by atomic mass is 32.1. The average Bonchev–Trinajstić information content (AvgIpc) is 2.94. The Bertz CT molecular complexity index is 638. The van der Waals surface area contributed by atoms with Gasteiger partial charge in [-0.15, -0.1) is 11.3 Å². The molecule has 2 rings (SSSR count). The standard InChI is InChI=1S/C14H10FN3S/c15-13-4-3-10(6-11(13)7-16)14(8-17)18-9-12-2-1-5-19-12/h1-6,14,18H,9H2. The van der Waals surface area contributed by atoms with Gasteiger partial charge in [0.25, 0.3) is 0 Å². The van der Waals surface area contributed by atoms with Crippen LogP contribution in [-0.2, 0) is 6.54 Å². The summed E-state index contributed by atoms with van der Waals surface area (Å²) in [6.45, 7) is 0.565. The van der Waals surface area contributed by atoms with Crippen LogP contribution in [-0.4, -0.2) is 0 Å². The van der Waals surface area contributed by atoms with Gasteiger partial charge in [-0.3, -0.25) is 5.32 Å². The van der Waals surface area contributed by atoms with Crippen molar-refractivity contribution in [1.29, 1.82) is 10.5 Å². The van der Waals surface area contributed by atoms with Gasteiger partial charge in [0, 0.05) is 11.4 Å². The lowest BCUT2D eigenvalue weighted by molar-refractivity contribution is 0.613. The summed E-state index contributed by atoms with van der Waals surface area (Å²) in [5, 5.41) is 23.0. The van der Waals surface area contributed by atoms with E-state index in [0.717, 1.165) is 4.88 Å². The van der Waals surface area contributed by atoms with Crippen LogP contribution in [0, 0.1) is 28.5 Å². The summed E-state index contributed by atoms with van der Waals surface area (Å²) in [6, 6.07) is 11.4. The lowest BCUT2D eigenvalue weighted by atomic mass is 10.0. The van der Waals surface area contributed by atoms with Crippen molar-refractivity contribution in [2.45, 2.75) is 12.6 Å². The monoisotopic (exact) mass is 271 g/mol. The summed E-state index contributed by atoms with van der Waals surface area (Å²) in [5.74, 6) is -0.568. The fourth-order valence-corrected chi connectivity index (χ4v) is 2.32. The van der Waals surface area contributed by atoms with Crippen molar-refractivity contribution in [3.8, 4) is 12.1 Å². The quantitative estimate of drug-likeness (QED) is 0.929. The Morgan fingerprint density at radius 3 is 2.79 bits per heavy atom. The first kappa shape index (κ1) is 13.2. The molecule has 0 aliphatic carbocycles. The number of nitrogens with zero attached hydrogens (tertiary/aromatic N) is 2. The van der Waals surface area contributed by atoms with Gasteiger partial charge in [0.05, 0.1) is 11.6 Å². The van der Waals surface area contributed by atoms with Gasteiger partial charge in [0.15, 0.2) is 0 Å². The highest BCUT2D eigenvalue weighted by Crippen LogP contribution is 2.18. The lowest BCUT2D eigenvalue weighted by Crippen LogP contribution is -2.19. The molecule has 0 saturated heterocycles. The zero-order chi connectivity index (χ0) is 13.7. The minimum atomic E-state index is -0.568. The van der Waals surface area contributed by atoms with Gasteiger partial charge >= 0.3 is 0 Å². The van der Waals surface area contributed by atoms with Crippen molar-refractivity contribution in [3.63, 3.8) is 0 Å². The first-order valence-corrected chi connectivity index (χ1v) is 6.47. The number of halogens is 1. The Balaban J connectivity index is 2.14. The highest BCUT2D eigenvalue weighted by molar-refractivity contribution is 7.09. The molecule has 1 heterocycles. The number of nitriles is 2. The zero-order valence-electron chi connectivity index (χ0n) is 9.93. The maximum atomic E-state index is 13.2. The predicted octanol–water partition coefficient (Wildman–Crippen LogP) is 3.11. The molecule has 94 valence electrons. The summed E-state index contributed by atoms with van der Waals surface area (Å²) in [4.78, 5) is 1.11. The van der Waals surface area contributed by atoms with E-state index in [1.54, 1.807) is 17.4 Å². The van der Waals surface area contributed by atoms with E-state index in [1.165, 1.54) is 18.2 Å². The SMILES string of the molecule is N#Cc1cc(C(C#N)NCc2cccs2)ccc1F. The zero-order valence-corrected chi connectivity index (χ0v) is 10.7. The molecule has 0 spiro atoms. The smallest absolute Gasteiger partial charge is 0.140 e. The molecule has 0 aliphatic heterocycles. The predicted molar refractivity (Wildman–Crippen MR) is 70.6 cm³/mol. The minimum Gasteiger partial charge on any atom is -0.293 e. The molecule has 1 N–H and O–H groups in total. The topological polar surface area (TPSA) is 59.6 Å². The van der Waals surface area contributed by atoms with Crippen LogP contribution in [0.1, 0.15) is 22.0 Å². The van der Waals surface area contributed by atoms with E-state index >= 15 is 0 Å². The first-order chi connectivity index (χ1) is 9.24. The third-order valence-corrected chi connectivity index (χ3v) is 3.51. The van der Waals surface area contributed by atoms with E-state index in [4.69, 9.17) is 10.5 Å². The molecule has 1 unspecified atom stereocenters. The van der Waals surface area contributed by atoms with Gasteiger partial charge in [0.2, 0.25) is 0 Å². The maximum absolute atomic E-state index is 13.2. The van der Waals surface area contributed by atoms with Crippen molar-refractivity contribution in [2.24, 2.45) is 0 Å². The molecule has 3 nitrogen and oxygen atoms in total. The summed E-state index contributed by atoms with van der Waals surface area (Å²) in [7, 11) is 0. The second kappa shape index (κ2) is 6.10. The maximum Gasteiger partial charge on any atom is 0.140 e. The van der Waals surface area contributed by atoms with Crippen molar-refractivity contribution >= 4 is 11.3 Å². The van der Waals surface area contributed by atoms with E-state index < -0.39 is 11.9 Å². The second-order valence-electron chi connectivity index (χ2n) is 3.87. The molecule has 0 bridgehead atoms. The van der Waals surface area contributed by atoms with Gasteiger partial charge < -0.3 is 0 Å². The van der Waals surface area contributed by atoms with Crippen LogP contribution in [0.3, 0.4) is 0 Å². The van der Waals surface area contributed by atoms with Crippen molar-refractivity contribution in [2.75, 3.05) is 0 Å². The van der Waals surface area contributed by atoms with Crippen LogP contribution in [0.2, 0.25) is 0 Å². The summed E-state index contributed by atoms with van der Waals surface area (Å²) in [5.41, 5.74) is 0.549. The summed E-state index contributed by atoms with van der Waals surface area (Å²) < 4.78 is 13.2. The summed E-state index contributed by atoms with van der Waals surface area (Å²) >= 11 is 1.60. The van der Waals surface area contributed by atoms with Gasteiger partial charge in [-0.1, -0.05) is 12.1 Å². The number of thiophene rings is 1. The third kappa shape index (κ3) is 3.17. The molecule has 0 aliphatic rings. The Hall–Kier alpha value is -2.21. The van der Waals surface area contributed by atoms with E-state index in [1.807, 2.05) is 17.5 Å². The molecule has 0 radical (unpaired) electrons. The van der Waals surface area contributed by atoms with Gasteiger partial charge in [-0.05, 0) is 29.1 Å². The van der Waals surface area contributed by atoms with Crippen molar-refractivity contribution in [3.05, 3.63) is 57.5 Å². The number of hydrogen-bond donors (Lipinski definition) is 1. The van der Waals surface area contributed by atoms with E-state index in [0.29, 0.717) is 12.1 Å². The van der Waals surface area contributed by atoms with E-state index in [-0.39, 0.29) is 5.56 Å². The molecule has 1 aromatic heterocycles. The molecule has 0 saturated carbocycles. The summed E-state index contributed by atoms with van der Waals surface area (Å²) in [6.07, 6.45) is 0. The Kier molecular flexibility index (Phi) is 4.25. The minimum absolute atomic E-state index is 0.0457. The Labute approximate surface area is 114 Å². The van der Waals surface area contributed by atoms with Crippen LogP contribution in [0.25, 0.3) is 0 Å². The number of hydrogen-bond acceptors (Lipinski definition) is 4. The number of nitrogens with one attached hydrogen (secondary N) is 1. The Morgan fingerprint density at radius 2 is 2.16 bits per heavy atom. The second-order valence-corrected chi connectivity index (χ2v) is 4.91. The van der Waals surface area contributed by atoms with Crippen LogP contribution in [0.15, 0.2) is 35.7 Å². The van der Waals surface area contributed by atoms with Crippen LogP contribution in [0.4, 0.5) is 4.39 Å². The van der Waals surface area contributed by atoms with Gasteiger partial charge in [-0.2, -0.15) is 10.5 Å². The first-order valence-electron chi connectivity index (χ1n) is 5.59. The molecule has 0 amide bonds. The van der Waals surface area contributed by atoms with Gasteiger partial charge in [-0.25, -0.2) is 4.39 Å². The number of benzene rings is 1. The third-order valence-electron chi connectivity index (χ3n) is 2.63. The Morgan fingerprint density at radius 1 is 1.32 bits per heavy atom. The van der Waals surface area contributed by atoms with Crippen LogP contribution < -0.4 is 5.32 Å². The largest absolute Gasteiger partial charge is 0.293 e. The molecule has 1 atom stereocenters. The van der Waals surface area contributed by atoms with Gasteiger partial charge in [0.1, 0.15) is 17.9 Å². The molecule has 5 heteroatoms. The van der Waals surface area contributed by atoms with Crippen LogP contribution >= 0.6 is 11.3 Å². The molecular formula is C14H10FN3S. The van der Waals surface area contributed by atoms with E-state index in [2.05, 4.69) is 11.4 Å². The normalized spacial score (nSPS) is 11.5. The van der Waals surface area contributed by atoms with E-state index in [9.17, 15) is 4.39 Å². The molecule has 1 aromatic carbocycles. The lowest BCUT2D eigenvalue weighted by Gasteiger charge is -2.11. The molecule has 2 aromatic rings. The van der Waals surface area contributed by atoms with Crippen molar-refractivity contribution in [1.82, 2.24) is 5.32 Å². The van der Waals surface area contributed by atoms with Crippen LogP contribution in [0.5, 0.6) is 0 Å². The highest BCUT2D eigenvalue weighted by Gasteiger charge is 2.12. The fourth-order valence-electron chi connectivity index (χ4n) is 1.66. The molecular weight excluding hydrogens is 261 g/mol. The van der Waals surface area contributed by atoms with Crippen molar-refractivity contribution < 1.29 is 4.39 Å². The number of rotatable bonds is 4. The average molecular weight is 271 g/mol. The molecule has 19 heavy (non-hydrogen) atoms.